The molecule has 0 aliphatic carbocycles. The van der Waals surface area contributed by atoms with E-state index in [1.807, 2.05) is 0 Å². The molecule has 0 bridgehead atoms. The van der Waals surface area contributed by atoms with Gasteiger partial charge in [0.1, 0.15) is 19.3 Å². The van der Waals surface area contributed by atoms with E-state index >= 15 is 0 Å². The molecule has 0 aliphatic heterocycles. The summed E-state index contributed by atoms with van der Waals surface area (Å²) in [6.07, 6.45) is 72.1. The van der Waals surface area contributed by atoms with E-state index in [-0.39, 0.29) is 25.7 Å². The van der Waals surface area contributed by atoms with Crippen molar-refractivity contribution in [3.8, 4) is 0 Å². The maximum atomic E-state index is 13.2. The fourth-order valence-electron chi connectivity index (χ4n) is 13.7. The van der Waals surface area contributed by atoms with Crippen molar-refractivity contribution in [2.24, 2.45) is 11.8 Å². The average molecular weight is 1560 g/mol. The van der Waals surface area contributed by atoms with Gasteiger partial charge in [-0.15, -0.1) is 0 Å². The molecule has 0 radical (unpaired) electrons. The van der Waals surface area contributed by atoms with Crippen molar-refractivity contribution in [2.75, 3.05) is 39.6 Å². The van der Waals surface area contributed by atoms with Gasteiger partial charge in [0.2, 0.25) is 0 Å². The van der Waals surface area contributed by atoms with E-state index in [9.17, 15) is 43.2 Å². The predicted octanol–water partition coefficient (Wildman–Crippen LogP) is 27.0. The van der Waals surface area contributed by atoms with Crippen molar-refractivity contribution in [2.45, 2.75) is 490 Å². The molecule has 636 valence electrons. The lowest BCUT2D eigenvalue weighted by molar-refractivity contribution is -0.161. The second-order valence-electron chi connectivity index (χ2n) is 32.4. The van der Waals surface area contributed by atoms with Gasteiger partial charge in [0.05, 0.1) is 26.4 Å². The first kappa shape index (κ1) is 105. The normalized spacial score (nSPS) is 14.0. The van der Waals surface area contributed by atoms with Crippen LogP contribution in [0.2, 0.25) is 0 Å². The number of carbonyl (C=O) groups excluding carboxylic acids is 4. The molecule has 0 rings (SSSR count). The minimum absolute atomic E-state index is 0.108. The monoisotopic (exact) mass is 1560 g/mol. The van der Waals surface area contributed by atoms with Crippen LogP contribution in [0.5, 0.6) is 0 Å². The molecule has 0 aliphatic rings. The summed E-state index contributed by atoms with van der Waals surface area (Å²) in [5, 5.41) is 10.7. The first-order valence-electron chi connectivity index (χ1n) is 45.5. The minimum atomic E-state index is -4.97. The Morgan fingerprint density at radius 3 is 0.710 bits per heavy atom. The second kappa shape index (κ2) is 79.3. The van der Waals surface area contributed by atoms with Gasteiger partial charge in [0.25, 0.3) is 0 Å². The molecule has 19 heteroatoms. The Morgan fingerprint density at radius 1 is 0.271 bits per heavy atom. The van der Waals surface area contributed by atoms with Crippen LogP contribution < -0.4 is 0 Å². The molecule has 0 aromatic heterocycles. The Kier molecular flexibility index (Phi) is 77.9. The molecule has 6 atom stereocenters. The first-order valence-corrected chi connectivity index (χ1v) is 48.5. The number of hydrogen-bond donors (Lipinski definition) is 3. The molecular weight excluding hydrogens is 1390 g/mol. The van der Waals surface area contributed by atoms with Crippen LogP contribution in [0.15, 0.2) is 0 Å². The summed E-state index contributed by atoms with van der Waals surface area (Å²) in [6, 6.07) is 0. The Morgan fingerprint density at radius 2 is 0.477 bits per heavy atom. The van der Waals surface area contributed by atoms with Gasteiger partial charge in [-0.05, 0) is 37.5 Å². The van der Waals surface area contributed by atoms with Crippen molar-refractivity contribution in [3.05, 3.63) is 0 Å². The lowest BCUT2D eigenvalue weighted by Crippen LogP contribution is -2.30. The molecule has 3 unspecified atom stereocenters. The van der Waals surface area contributed by atoms with Crippen molar-refractivity contribution < 1.29 is 80.2 Å². The van der Waals surface area contributed by atoms with E-state index in [0.29, 0.717) is 25.7 Å². The summed E-state index contributed by atoms with van der Waals surface area (Å²) in [5.74, 6) is -0.471. The van der Waals surface area contributed by atoms with Gasteiger partial charge >= 0.3 is 39.5 Å². The highest BCUT2D eigenvalue weighted by Crippen LogP contribution is 2.45. The van der Waals surface area contributed by atoms with E-state index in [1.54, 1.807) is 0 Å². The van der Waals surface area contributed by atoms with Crippen LogP contribution in [-0.2, 0) is 65.4 Å². The van der Waals surface area contributed by atoms with Crippen LogP contribution in [-0.4, -0.2) is 96.7 Å². The quantitative estimate of drug-likeness (QED) is 0.0222. The van der Waals surface area contributed by atoms with Crippen LogP contribution in [0.25, 0.3) is 0 Å². The van der Waals surface area contributed by atoms with Crippen molar-refractivity contribution in [3.63, 3.8) is 0 Å². The third-order valence-corrected chi connectivity index (χ3v) is 23.0. The summed E-state index contributed by atoms with van der Waals surface area (Å²) in [5.41, 5.74) is 0. The number of aliphatic hydroxyl groups is 1. The standard InChI is InChI=1S/C88H172O17P2/c1-7-10-12-14-16-18-20-22-23-24-25-26-27-28-29-35-42-48-54-60-66-72-87(92)104-83(77-99-86(91)71-65-59-53-47-41-34-31-30-33-39-45-51-57-63-69-81(6)9-3)78-102-106(94,95)100-74-82(89)75-101-107(96,97)103-79-84(76-98-85(90)70-64-58-52-46-40-32-21-19-17-15-13-11-8-2)105-88(93)73-67-61-55-49-43-37-36-38-44-50-56-62-68-80(4)5/h80-84,89H,7-79H2,1-6H3,(H,94,95)(H,96,97)/t81?,82-,83-,84-/m1/s1. The van der Waals surface area contributed by atoms with Crippen LogP contribution in [0.3, 0.4) is 0 Å². The zero-order valence-corrected chi connectivity index (χ0v) is 72.2. The number of esters is 4. The lowest BCUT2D eigenvalue weighted by atomic mass is 9.99. The molecule has 0 saturated heterocycles. The number of phosphoric acid groups is 2. The number of unbranched alkanes of at least 4 members (excludes halogenated alkanes) is 56. The summed E-state index contributed by atoms with van der Waals surface area (Å²) in [4.78, 5) is 73.3. The molecule has 0 saturated carbocycles. The molecule has 17 nitrogen and oxygen atoms in total. The molecular formula is C88H172O17P2. The topological polar surface area (TPSA) is 237 Å². The first-order chi connectivity index (χ1) is 51.9. The van der Waals surface area contributed by atoms with E-state index in [4.69, 9.17) is 37.0 Å². The van der Waals surface area contributed by atoms with Gasteiger partial charge in [-0.2, -0.15) is 0 Å². The molecule has 3 N–H and O–H groups in total. The third-order valence-electron chi connectivity index (χ3n) is 21.1. The smallest absolute Gasteiger partial charge is 0.462 e. The average Bonchev–Trinajstić information content (AvgIpc) is 0.899. The van der Waals surface area contributed by atoms with E-state index in [0.717, 1.165) is 102 Å². The van der Waals surface area contributed by atoms with Crippen molar-refractivity contribution in [1.82, 2.24) is 0 Å². The Hall–Kier alpha value is -1.94. The maximum absolute atomic E-state index is 13.2. The Balaban J connectivity index is 5.26. The minimum Gasteiger partial charge on any atom is -0.462 e. The van der Waals surface area contributed by atoms with Crippen molar-refractivity contribution in [1.29, 1.82) is 0 Å². The maximum Gasteiger partial charge on any atom is 0.472 e. The molecule has 0 amide bonds. The third kappa shape index (κ3) is 80.5. The zero-order chi connectivity index (χ0) is 78.5. The van der Waals surface area contributed by atoms with Crippen LogP contribution in [0.1, 0.15) is 472 Å². The van der Waals surface area contributed by atoms with E-state index in [1.165, 1.54) is 289 Å². The zero-order valence-electron chi connectivity index (χ0n) is 70.5. The number of ether oxygens (including phenoxy) is 4. The molecule has 0 heterocycles. The highest BCUT2D eigenvalue weighted by atomic mass is 31.2. The number of carbonyl (C=O) groups is 4. The van der Waals surface area contributed by atoms with Crippen molar-refractivity contribution >= 4 is 39.5 Å². The lowest BCUT2D eigenvalue weighted by Gasteiger charge is -2.21. The number of aliphatic hydroxyl groups excluding tert-OH is 1. The summed E-state index contributed by atoms with van der Waals surface area (Å²) >= 11 is 0. The largest absolute Gasteiger partial charge is 0.472 e. The number of phosphoric ester groups is 2. The molecule has 0 aromatic carbocycles. The van der Waals surface area contributed by atoms with Crippen LogP contribution in [0, 0.1) is 11.8 Å². The highest BCUT2D eigenvalue weighted by molar-refractivity contribution is 7.47. The van der Waals surface area contributed by atoms with E-state index < -0.39 is 97.5 Å². The highest BCUT2D eigenvalue weighted by Gasteiger charge is 2.31. The van der Waals surface area contributed by atoms with E-state index in [2.05, 4.69) is 41.5 Å². The molecule has 0 spiro atoms. The summed E-state index contributed by atoms with van der Waals surface area (Å²) in [7, 11) is -9.93. The fourth-order valence-corrected chi connectivity index (χ4v) is 15.3. The fraction of sp³-hybridized carbons (Fsp3) is 0.955. The predicted molar refractivity (Wildman–Crippen MR) is 442 cm³/mol. The number of hydrogen-bond acceptors (Lipinski definition) is 15. The SMILES string of the molecule is CCCCCCCCCCCCCCCCCCCCCCCC(=O)O[C@H](COC(=O)CCCCCCCCCCCCCCCCC(C)CC)COP(=O)(O)OC[C@@H](O)COP(=O)(O)OC[C@@H](COC(=O)CCCCCCCCCCCCCCC)OC(=O)CCCCCCCCCCCCCCC(C)C. The van der Waals surface area contributed by atoms with Gasteiger partial charge in [-0.3, -0.25) is 37.3 Å². The van der Waals surface area contributed by atoms with Gasteiger partial charge in [0, 0.05) is 25.7 Å². The molecule has 0 aromatic rings. The number of rotatable bonds is 87. The summed E-state index contributed by atoms with van der Waals surface area (Å²) < 4.78 is 69.0. The van der Waals surface area contributed by atoms with Crippen LogP contribution >= 0.6 is 15.6 Å². The van der Waals surface area contributed by atoms with Crippen LogP contribution in [0.4, 0.5) is 0 Å². The Bertz CT molecular complexity index is 2050. The Labute approximate surface area is 658 Å². The molecule has 107 heavy (non-hydrogen) atoms. The van der Waals surface area contributed by atoms with Gasteiger partial charge in [-0.1, -0.05) is 420 Å². The van der Waals surface area contributed by atoms with Gasteiger partial charge in [-0.25, -0.2) is 9.13 Å². The van der Waals surface area contributed by atoms with Gasteiger partial charge < -0.3 is 33.8 Å². The summed E-state index contributed by atoms with van der Waals surface area (Å²) in [6.45, 7) is 9.75. The second-order valence-corrected chi connectivity index (χ2v) is 35.3. The molecule has 0 fully saturated rings. The van der Waals surface area contributed by atoms with Gasteiger partial charge in [0.15, 0.2) is 12.2 Å².